The lowest BCUT2D eigenvalue weighted by atomic mass is 9.95. The van der Waals surface area contributed by atoms with Crippen molar-refractivity contribution in [1.29, 1.82) is 0 Å². The molecule has 0 radical (unpaired) electrons. The standard InChI is InChI=1S/C21H16N2O2S/c1-22-19(24)18(20(25)23(2)21(22)26)12-14-11-13-7-3-4-8-15(13)17-10-6-5-9-16(14)17/h3-12H,1-2H3. The minimum Gasteiger partial charge on any atom is -0.288 e. The summed E-state index contributed by atoms with van der Waals surface area (Å²) in [6.07, 6.45) is 1.67. The highest BCUT2D eigenvalue weighted by Gasteiger charge is 2.35. The molecule has 0 unspecified atom stereocenters. The van der Waals surface area contributed by atoms with Gasteiger partial charge in [0.1, 0.15) is 5.57 Å². The van der Waals surface area contributed by atoms with Gasteiger partial charge in [-0.25, -0.2) is 0 Å². The van der Waals surface area contributed by atoms with E-state index >= 15 is 0 Å². The average molecular weight is 360 g/mol. The van der Waals surface area contributed by atoms with Crippen molar-refractivity contribution in [1.82, 2.24) is 9.80 Å². The third-order valence-electron chi connectivity index (χ3n) is 4.74. The van der Waals surface area contributed by atoms with E-state index in [4.69, 9.17) is 12.2 Å². The zero-order valence-corrected chi connectivity index (χ0v) is 15.2. The summed E-state index contributed by atoms with van der Waals surface area (Å²) in [6, 6.07) is 18.1. The van der Waals surface area contributed by atoms with Crippen molar-refractivity contribution in [2.24, 2.45) is 0 Å². The fourth-order valence-electron chi connectivity index (χ4n) is 3.33. The smallest absolute Gasteiger partial charge is 0.265 e. The molecule has 0 atom stereocenters. The molecule has 1 heterocycles. The molecule has 1 aliphatic rings. The Morgan fingerprint density at radius 3 is 2.00 bits per heavy atom. The molecule has 128 valence electrons. The third-order valence-corrected chi connectivity index (χ3v) is 5.29. The van der Waals surface area contributed by atoms with Crippen LogP contribution in [0.15, 0.2) is 60.2 Å². The molecule has 5 heteroatoms. The Kier molecular flexibility index (Phi) is 3.81. The SMILES string of the molecule is CN1C(=O)C(=Cc2cc3ccccc3c3ccccc23)C(=O)N(C)C1=S. The van der Waals surface area contributed by atoms with E-state index in [9.17, 15) is 9.59 Å². The number of hydrogen-bond donors (Lipinski definition) is 0. The van der Waals surface area contributed by atoms with Gasteiger partial charge in [0, 0.05) is 14.1 Å². The summed E-state index contributed by atoms with van der Waals surface area (Å²) in [4.78, 5) is 27.9. The van der Waals surface area contributed by atoms with E-state index in [1.54, 1.807) is 20.2 Å². The van der Waals surface area contributed by atoms with Crippen molar-refractivity contribution in [3.8, 4) is 0 Å². The van der Waals surface area contributed by atoms with Gasteiger partial charge in [0.25, 0.3) is 11.8 Å². The van der Waals surface area contributed by atoms with E-state index in [-0.39, 0.29) is 22.5 Å². The van der Waals surface area contributed by atoms with Gasteiger partial charge in [-0.15, -0.1) is 0 Å². The normalized spacial score (nSPS) is 15.3. The Labute approximate surface area is 156 Å². The van der Waals surface area contributed by atoms with Crippen LogP contribution in [0.3, 0.4) is 0 Å². The molecule has 2 amide bonds. The number of fused-ring (bicyclic) bond motifs is 3. The van der Waals surface area contributed by atoms with Crippen LogP contribution in [0.25, 0.3) is 27.6 Å². The predicted molar refractivity (Wildman–Crippen MR) is 108 cm³/mol. The van der Waals surface area contributed by atoms with Crippen molar-refractivity contribution < 1.29 is 9.59 Å². The molecule has 4 rings (SSSR count). The Morgan fingerprint density at radius 2 is 1.35 bits per heavy atom. The number of carbonyl (C=O) groups is 2. The van der Waals surface area contributed by atoms with Crippen LogP contribution in [-0.4, -0.2) is 40.8 Å². The van der Waals surface area contributed by atoms with Gasteiger partial charge in [-0.05, 0) is 51.5 Å². The first-order chi connectivity index (χ1) is 12.5. The summed E-state index contributed by atoms with van der Waals surface area (Å²) < 4.78 is 0. The quantitative estimate of drug-likeness (QED) is 0.288. The minimum atomic E-state index is -0.379. The van der Waals surface area contributed by atoms with Crippen LogP contribution in [-0.2, 0) is 9.59 Å². The van der Waals surface area contributed by atoms with E-state index in [1.807, 2.05) is 42.5 Å². The van der Waals surface area contributed by atoms with Gasteiger partial charge in [0.2, 0.25) is 0 Å². The zero-order chi connectivity index (χ0) is 18.4. The Hall–Kier alpha value is -3.05. The lowest BCUT2D eigenvalue weighted by molar-refractivity contribution is -0.132. The van der Waals surface area contributed by atoms with Gasteiger partial charge >= 0.3 is 0 Å². The van der Waals surface area contributed by atoms with E-state index in [0.29, 0.717) is 0 Å². The van der Waals surface area contributed by atoms with Gasteiger partial charge in [0.05, 0.1) is 0 Å². The van der Waals surface area contributed by atoms with Crippen LogP contribution in [0, 0.1) is 0 Å². The lowest BCUT2D eigenvalue weighted by Crippen LogP contribution is -2.52. The molecule has 4 nitrogen and oxygen atoms in total. The number of rotatable bonds is 1. The number of nitrogens with zero attached hydrogens (tertiary/aromatic N) is 2. The lowest BCUT2D eigenvalue weighted by Gasteiger charge is -2.31. The molecule has 1 saturated heterocycles. The van der Waals surface area contributed by atoms with Crippen LogP contribution in [0.4, 0.5) is 0 Å². The largest absolute Gasteiger partial charge is 0.288 e. The van der Waals surface area contributed by atoms with Crippen molar-refractivity contribution >= 4 is 56.8 Å². The topological polar surface area (TPSA) is 40.6 Å². The number of hydrogen-bond acceptors (Lipinski definition) is 3. The Bertz CT molecular complexity index is 1110. The Morgan fingerprint density at radius 1 is 0.808 bits per heavy atom. The van der Waals surface area contributed by atoms with Crippen molar-refractivity contribution in [3.63, 3.8) is 0 Å². The summed E-state index contributed by atoms with van der Waals surface area (Å²) in [5, 5.41) is 4.50. The van der Waals surface area contributed by atoms with Gasteiger partial charge < -0.3 is 0 Å². The van der Waals surface area contributed by atoms with Crippen LogP contribution < -0.4 is 0 Å². The molecule has 1 aliphatic heterocycles. The van der Waals surface area contributed by atoms with Crippen LogP contribution in [0.1, 0.15) is 5.56 Å². The fourth-order valence-corrected chi connectivity index (χ4v) is 3.50. The van der Waals surface area contributed by atoms with E-state index < -0.39 is 0 Å². The second-order valence-corrected chi connectivity index (χ2v) is 6.67. The van der Waals surface area contributed by atoms with Crippen molar-refractivity contribution in [2.45, 2.75) is 0 Å². The molecule has 3 aromatic carbocycles. The summed E-state index contributed by atoms with van der Waals surface area (Å²) in [7, 11) is 3.17. The van der Waals surface area contributed by atoms with Gasteiger partial charge in [-0.3, -0.25) is 19.4 Å². The van der Waals surface area contributed by atoms with Crippen LogP contribution >= 0.6 is 12.2 Å². The molecule has 26 heavy (non-hydrogen) atoms. The van der Waals surface area contributed by atoms with Gasteiger partial charge in [-0.2, -0.15) is 0 Å². The maximum Gasteiger partial charge on any atom is 0.265 e. The summed E-state index contributed by atoms with van der Waals surface area (Å²) in [6.45, 7) is 0. The first-order valence-corrected chi connectivity index (χ1v) is 8.62. The molecule has 0 N–H and O–H groups in total. The van der Waals surface area contributed by atoms with Crippen LogP contribution in [0.5, 0.6) is 0 Å². The maximum atomic E-state index is 12.6. The molecular formula is C21H16N2O2S. The highest BCUT2D eigenvalue weighted by Crippen LogP contribution is 2.30. The fraction of sp³-hybridized carbons (Fsp3) is 0.0952. The third kappa shape index (κ3) is 2.40. The van der Waals surface area contributed by atoms with Crippen molar-refractivity contribution in [2.75, 3.05) is 14.1 Å². The van der Waals surface area contributed by atoms with Gasteiger partial charge in [-0.1, -0.05) is 48.5 Å². The number of amides is 2. The molecule has 0 aromatic heterocycles. The second kappa shape index (κ2) is 6.04. The maximum absolute atomic E-state index is 12.6. The molecule has 0 saturated carbocycles. The predicted octanol–water partition coefficient (Wildman–Crippen LogP) is 3.59. The number of thiocarbonyl (C=S) groups is 1. The van der Waals surface area contributed by atoms with E-state index in [2.05, 4.69) is 12.1 Å². The molecule has 1 fully saturated rings. The van der Waals surface area contributed by atoms with E-state index in [0.717, 1.165) is 27.1 Å². The van der Waals surface area contributed by atoms with Crippen molar-refractivity contribution in [3.05, 3.63) is 65.7 Å². The highest BCUT2D eigenvalue weighted by molar-refractivity contribution is 7.80. The molecule has 0 spiro atoms. The first kappa shape index (κ1) is 16.4. The first-order valence-electron chi connectivity index (χ1n) is 8.21. The van der Waals surface area contributed by atoms with E-state index in [1.165, 1.54) is 9.80 Å². The number of carbonyl (C=O) groups excluding carboxylic acids is 2. The molecule has 0 aliphatic carbocycles. The minimum absolute atomic E-state index is 0.115. The highest BCUT2D eigenvalue weighted by atomic mass is 32.1. The molecule has 3 aromatic rings. The zero-order valence-electron chi connectivity index (χ0n) is 14.4. The number of likely N-dealkylation sites (N-methyl/N-ethyl adjacent to an activating group) is 2. The summed E-state index contributed by atoms with van der Waals surface area (Å²) >= 11 is 5.15. The second-order valence-electron chi connectivity index (χ2n) is 6.30. The average Bonchev–Trinajstić information content (AvgIpc) is 2.68. The Balaban J connectivity index is 1.99. The van der Waals surface area contributed by atoms with Crippen LogP contribution in [0.2, 0.25) is 0 Å². The number of benzene rings is 3. The summed E-state index contributed by atoms with van der Waals surface area (Å²) in [5.41, 5.74) is 0.953. The monoisotopic (exact) mass is 360 g/mol. The molecular weight excluding hydrogens is 344 g/mol. The van der Waals surface area contributed by atoms with Gasteiger partial charge in [0.15, 0.2) is 5.11 Å². The summed E-state index contributed by atoms with van der Waals surface area (Å²) in [5.74, 6) is -0.759. The molecule has 0 bridgehead atoms.